The van der Waals surface area contributed by atoms with E-state index in [0.717, 1.165) is 0 Å². The molecule has 1 aromatic heterocycles. The summed E-state index contributed by atoms with van der Waals surface area (Å²) in [5, 5.41) is 17.0. The Balaban J connectivity index is 3.41. The van der Waals surface area contributed by atoms with Gasteiger partial charge in [0, 0.05) is 0 Å². The molecule has 0 spiro atoms. The quantitative estimate of drug-likeness (QED) is 0.730. The van der Waals surface area contributed by atoms with Crippen LogP contribution in [0.3, 0.4) is 0 Å². The maximum atomic E-state index is 12.5. The number of rotatable bonds is 2. The molecule has 1 heterocycles. The van der Waals surface area contributed by atoms with Crippen LogP contribution in [0.25, 0.3) is 0 Å². The van der Waals surface area contributed by atoms with Crippen LogP contribution < -0.4 is 0 Å². The molecule has 1 aromatic rings. The highest BCUT2D eigenvalue weighted by atomic mass is 35.5. The van der Waals surface area contributed by atoms with Crippen molar-refractivity contribution in [2.45, 2.75) is 12.8 Å². The highest BCUT2D eigenvalue weighted by Crippen LogP contribution is 2.25. The summed E-state index contributed by atoms with van der Waals surface area (Å²) in [6, 6.07) is 4.62. The minimum Gasteiger partial charge on any atom is -0.234 e. The predicted octanol–water partition coefficient (Wildman–Crippen LogP) is 2.61. The second-order valence-corrected chi connectivity index (χ2v) is 3.00. The van der Waals surface area contributed by atoms with Crippen molar-refractivity contribution in [1.82, 2.24) is 4.98 Å². The fourth-order valence-corrected chi connectivity index (χ4v) is 1.32. The van der Waals surface area contributed by atoms with Crippen molar-refractivity contribution in [2.24, 2.45) is 0 Å². The molecule has 0 N–H and O–H groups in total. The number of nitriles is 2. The van der Waals surface area contributed by atoms with Crippen LogP contribution in [0.1, 0.15) is 23.2 Å². The van der Waals surface area contributed by atoms with Crippen molar-refractivity contribution < 1.29 is 8.78 Å². The molecule has 0 amide bonds. The van der Waals surface area contributed by atoms with Crippen LogP contribution in [-0.4, -0.2) is 4.98 Å². The summed E-state index contributed by atoms with van der Waals surface area (Å²) in [5.74, 6) is 0. The van der Waals surface area contributed by atoms with Crippen LogP contribution in [-0.2, 0) is 6.42 Å². The highest BCUT2D eigenvalue weighted by molar-refractivity contribution is 6.29. The summed E-state index contributed by atoms with van der Waals surface area (Å²) < 4.78 is 24.9. The van der Waals surface area contributed by atoms with E-state index >= 15 is 0 Å². The Hall–Kier alpha value is -1.72. The molecule has 0 aromatic carbocycles. The molecule has 3 nitrogen and oxygen atoms in total. The molecular formula is C9H4ClF2N3. The first kappa shape index (κ1) is 11.4. The first-order valence-corrected chi connectivity index (χ1v) is 4.22. The van der Waals surface area contributed by atoms with E-state index in [1.165, 1.54) is 6.07 Å². The molecule has 0 atom stereocenters. The monoisotopic (exact) mass is 227 g/mol. The third kappa shape index (κ3) is 2.39. The molecule has 76 valence electrons. The molecule has 0 unspecified atom stereocenters. The number of hydrogen-bond donors (Lipinski definition) is 0. The Morgan fingerprint density at radius 2 is 2.13 bits per heavy atom. The Kier molecular flexibility index (Phi) is 3.54. The lowest BCUT2D eigenvalue weighted by molar-refractivity contribution is 0.145. The van der Waals surface area contributed by atoms with E-state index in [-0.39, 0.29) is 22.7 Å². The molecule has 15 heavy (non-hydrogen) atoms. The average Bonchev–Trinajstić information content (AvgIpc) is 2.17. The predicted molar refractivity (Wildman–Crippen MR) is 48.2 cm³/mol. The van der Waals surface area contributed by atoms with Gasteiger partial charge in [0.1, 0.15) is 16.9 Å². The van der Waals surface area contributed by atoms with Gasteiger partial charge in [-0.25, -0.2) is 13.8 Å². The lowest BCUT2D eigenvalue weighted by atomic mass is 10.1. The Bertz CT molecular complexity index is 460. The summed E-state index contributed by atoms with van der Waals surface area (Å²) in [7, 11) is 0. The Morgan fingerprint density at radius 1 is 1.47 bits per heavy atom. The summed E-state index contributed by atoms with van der Waals surface area (Å²) in [6.07, 6.45) is -3.03. The van der Waals surface area contributed by atoms with Crippen LogP contribution in [0.5, 0.6) is 0 Å². The molecule has 0 aliphatic rings. The van der Waals surface area contributed by atoms with Crippen molar-refractivity contribution in [3.63, 3.8) is 0 Å². The van der Waals surface area contributed by atoms with E-state index < -0.39 is 12.1 Å². The molecule has 0 fully saturated rings. The first-order chi connectivity index (χ1) is 7.10. The molecule has 0 saturated carbocycles. The van der Waals surface area contributed by atoms with Gasteiger partial charge in [-0.1, -0.05) is 11.6 Å². The summed E-state index contributed by atoms with van der Waals surface area (Å²) >= 11 is 5.50. The van der Waals surface area contributed by atoms with Crippen molar-refractivity contribution in [1.29, 1.82) is 10.5 Å². The zero-order chi connectivity index (χ0) is 11.4. The number of nitrogens with zero attached hydrogens (tertiary/aromatic N) is 3. The summed E-state index contributed by atoms with van der Waals surface area (Å²) in [5.41, 5.74) is -0.762. The minimum absolute atomic E-state index is 0.144. The average molecular weight is 228 g/mol. The van der Waals surface area contributed by atoms with Crippen molar-refractivity contribution in [3.8, 4) is 12.1 Å². The van der Waals surface area contributed by atoms with Crippen molar-refractivity contribution in [3.05, 3.63) is 28.0 Å². The van der Waals surface area contributed by atoms with Crippen LogP contribution >= 0.6 is 11.6 Å². The second-order valence-electron chi connectivity index (χ2n) is 2.61. The van der Waals surface area contributed by atoms with Crippen molar-refractivity contribution in [2.75, 3.05) is 0 Å². The molecule has 6 heteroatoms. The van der Waals surface area contributed by atoms with Gasteiger partial charge in [0.05, 0.1) is 18.1 Å². The van der Waals surface area contributed by atoms with E-state index in [9.17, 15) is 8.78 Å². The molecule has 1 rings (SSSR count). The number of aromatic nitrogens is 1. The van der Waals surface area contributed by atoms with Gasteiger partial charge >= 0.3 is 0 Å². The maximum absolute atomic E-state index is 12.5. The fourth-order valence-electron chi connectivity index (χ4n) is 1.10. The van der Waals surface area contributed by atoms with Crippen molar-refractivity contribution >= 4 is 11.6 Å². The largest absolute Gasteiger partial charge is 0.281 e. The third-order valence-electron chi connectivity index (χ3n) is 1.69. The SMILES string of the molecule is N#CCc1cc(Cl)nc(C(F)F)c1C#N. The first-order valence-electron chi connectivity index (χ1n) is 3.84. The smallest absolute Gasteiger partial charge is 0.234 e. The molecular weight excluding hydrogens is 224 g/mol. The molecule has 0 saturated heterocycles. The van der Waals surface area contributed by atoms with Gasteiger partial charge in [0.15, 0.2) is 0 Å². The van der Waals surface area contributed by atoms with Gasteiger partial charge in [0.2, 0.25) is 0 Å². The maximum Gasteiger partial charge on any atom is 0.281 e. The van der Waals surface area contributed by atoms with Gasteiger partial charge < -0.3 is 0 Å². The van der Waals surface area contributed by atoms with Gasteiger partial charge in [0.25, 0.3) is 6.43 Å². The van der Waals surface area contributed by atoms with E-state index in [4.69, 9.17) is 22.1 Å². The zero-order valence-corrected chi connectivity index (χ0v) is 8.09. The standard InChI is InChI=1S/C9H4ClF2N3/c10-7-3-5(1-2-13)6(4-14)8(15-7)9(11)12/h3,9H,1H2. The van der Waals surface area contributed by atoms with Gasteiger partial charge in [-0.05, 0) is 11.6 Å². The van der Waals surface area contributed by atoms with E-state index in [2.05, 4.69) is 4.98 Å². The summed E-state index contributed by atoms with van der Waals surface area (Å²) in [6.45, 7) is 0. The number of halogens is 3. The lowest BCUT2D eigenvalue weighted by Crippen LogP contribution is -2.01. The number of pyridine rings is 1. The van der Waals surface area contributed by atoms with Gasteiger partial charge in [-0.15, -0.1) is 0 Å². The highest BCUT2D eigenvalue weighted by Gasteiger charge is 2.19. The van der Waals surface area contributed by atoms with Crippen LogP contribution in [0.2, 0.25) is 5.15 Å². The van der Waals surface area contributed by atoms with Crippen LogP contribution in [0.4, 0.5) is 8.78 Å². The van der Waals surface area contributed by atoms with Gasteiger partial charge in [-0.2, -0.15) is 10.5 Å². The molecule has 0 aliphatic heterocycles. The Morgan fingerprint density at radius 3 is 2.60 bits per heavy atom. The topological polar surface area (TPSA) is 60.5 Å². The minimum atomic E-state index is -2.88. The fraction of sp³-hybridized carbons (Fsp3) is 0.222. The normalized spacial score (nSPS) is 9.73. The van der Waals surface area contributed by atoms with E-state index in [0.29, 0.717) is 0 Å². The van der Waals surface area contributed by atoms with Gasteiger partial charge in [-0.3, -0.25) is 0 Å². The second kappa shape index (κ2) is 4.68. The lowest BCUT2D eigenvalue weighted by Gasteiger charge is -2.06. The van der Waals surface area contributed by atoms with E-state index in [1.807, 2.05) is 0 Å². The number of alkyl halides is 2. The third-order valence-corrected chi connectivity index (χ3v) is 1.88. The molecule has 0 aliphatic carbocycles. The zero-order valence-electron chi connectivity index (χ0n) is 7.34. The van der Waals surface area contributed by atoms with Crippen LogP contribution in [0.15, 0.2) is 6.07 Å². The van der Waals surface area contributed by atoms with E-state index in [1.54, 1.807) is 12.1 Å². The Labute approximate surface area is 89.5 Å². The van der Waals surface area contributed by atoms with Crippen LogP contribution in [0, 0.1) is 22.7 Å². The number of hydrogen-bond acceptors (Lipinski definition) is 3. The molecule has 0 radical (unpaired) electrons. The summed E-state index contributed by atoms with van der Waals surface area (Å²) in [4.78, 5) is 3.37. The molecule has 0 bridgehead atoms.